The number of nitrogens with one attached hydrogen (secondary N) is 2. The Morgan fingerprint density at radius 3 is 2.90 bits per heavy atom. The van der Waals surface area contributed by atoms with Gasteiger partial charge in [0.15, 0.2) is 0 Å². The Hall–Kier alpha value is -1.46. The third kappa shape index (κ3) is 4.58. The molecule has 1 amide bonds. The molecule has 2 N–H and O–H groups in total. The molecule has 1 aliphatic rings. The van der Waals surface area contributed by atoms with Gasteiger partial charge in [0, 0.05) is 5.69 Å². The highest BCUT2D eigenvalue weighted by atomic mass is 19.1. The Balaban J connectivity index is 1.72. The topological polar surface area (TPSA) is 50.4 Å². The average Bonchev–Trinajstić information content (AvgIpc) is 2.43. The molecule has 1 aliphatic heterocycles. The number of amides is 1. The molecule has 0 spiro atoms. The Morgan fingerprint density at radius 2 is 2.20 bits per heavy atom. The molecule has 0 atom stereocenters. The minimum Gasteiger partial charge on any atom is -0.378 e. The highest BCUT2D eigenvalue weighted by molar-refractivity contribution is 5.91. The number of anilines is 1. The van der Waals surface area contributed by atoms with Crippen molar-refractivity contribution < 1.29 is 13.9 Å². The maximum absolute atomic E-state index is 13.0. The molecular weight excluding hydrogens is 259 g/mol. The fraction of sp³-hybridized carbons (Fsp3) is 0.533. The minimum atomic E-state index is -0.297. The van der Waals surface area contributed by atoms with Gasteiger partial charge in [-0.3, -0.25) is 4.79 Å². The Bertz CT molecular complexity index is 459. The van der Waals surface area contributed by atoms with Crippen molar-refractivity contribution in [2.75, 3.05) is 25.0 Å². The van der Waals surface area contributed by atoms with Crippen LogP contribution in [0.25, 0.3) is 0 Å². The summed E-state index contributed by atoms with van der Waals surface area (Å²) in [7, 11) is 0. The van der Waals surface area contributed by atoms with Gasteiger partial charge in [-0.15, -0.1) is 0 Å². The molecule has 5 heteroatoms. The van der Waals surface area contributed by atoms with Gasteiger partial charge in [-0.1, -0.05) is 0 Å². The van der Waals surface area contributed by atoms with Crippen molar-refractivity contribution >= 4 is 11.6 Å². The molecule has 0 radical (unpaired) electrons. The third-order valence-corrected chi connectivity index (χ3v) is 3.43. The van der Waals surface area contributed by atoms with Crippen LogP contribution in [0.3, 0.4) is 0 Å². The van der Waals surface area contributed by atoms with Crippen LogP contribution in [-0.2, 0) is 9.53 Å². The van der Waals surface area contributed by atoms with Crippen molar-refractivity contribution in [3.63, 3.8) is 0 Å². The monoisotopic (exact) mass is 280 g/mol. The molecule has 4 nitrogen and oxygen atoms in total. The number of benzene rings is 1. The first-order valence-corrected chi connectivity index (χ1v) is 7.03. The van der Waals surface area contributed by atoms with E-state index in [4.69, 9.17) is 4.74 Å². The van der Waals surface area contributed by atoms with E-state index in [1.165, 1.54) is 12.1 Å². The van der Waals surface area contributed by atoms with Crippen LogP contribution >= 0.6 is 0 Å². The van der Waals surface area contributed by atoms with E-state index >= 15 is 0 Å². The predicted octanol–water partition coefficient (Wildman–Crippen LogP) is 2.23. The number of hydrogen-bond donors (Lipinski definition) is 2. The molecule has 2 rings (SSSR count). The molecule has 0 bridgehead atoms. The van der Waals surface area contributed by atoms with Crippen LogP contribution in [0.5, 0.6) is 0 Å². The van der Waals surface area contributed by atoms with Gasteiger partial charge >= 0.3 is 0 Å². The standard InChI is InChI=1S/C15H21FN2O2/c1-11-10-12(16)2-3-14(11)18-15(19)6-9-20-13-4-7-17-8-5-13/h2-3,10,13,17H,4-9H2,1H3,(H,18,19). The number of aryl methyl sites for hydroxylation is 1. The molecule has 1 aromatic carbocycles. The summed E-state index contributed by atoms with van der Waals surface area (Å²) in [5, 5.41) is 6.04. The van der Waals surface area contributed by atoms with E-state index in [1.54, 1.807) is 13.0 Å². The number of carbonyl (C=O) groups excluding carboxylic acids is 1. The highest BCUT2D eigenvalue weighted by Crippen LogP contribution is 2.16. The Morgan fingerprint density at radius 1 is 1.45 bits per heavy atom. The molecule has 1 heterocycles. The maximum Gasteiger partial charge on any atom is 0.226 e. The number of ether oxygens (including phenoxy) is 1. The van der Waals surface area contributed by atoms with E-state index < -0.39 is 0 Å². The zero-order valence-corrected chi connectivity index (χ0v) is 11.7. The van der Waals surface area contributed by atoms with Gasteiger partial charge in [0.2, 0.25) is 5.91 Å². The van der Waals surface area contributed by atoms with Crippen LogP contribution in [-0.4, -0.2) is 31.7 Å². The van der Waals surface area contributed by atoms with Gasteiger partial charge in [0.05, 0.1) is 19.1 Å². The molecule has 1 aromatic rings. The molecule has 0 aromatic heterocycles. The van der Waals surface area contributed by atoms with Gasteiger partial charge < -0.3 is 15.4 Å². The lowest BCUT2D eigenvalue weighted by Crippen LogP contribution is -2.33. The maximum atomic E-state index is 13.0. The number of piperidine rings is 1. The average molecular weight is 280 g/mol. The summed E-state index contributed by atoms with van der Waals surface area (Å²) in [6.07, 6.45) is 2.58. The molecule has 0 unspecified atom stereocenters. The number of rotatable bonds is 5. The summed E-state index contributed by atoms with van der Waals surface area (Å²) < 4.78 is 18.6. The first kappa shape index (κ1) is 14.9. The number of hydrogen-bond acceptors (Lipinski definition) is 3. The summed E-state index contributed by atoms with van der Waals surface area (Å²) in [6.45, 7) is 4.15. The van der Waals surface area contributed by atoms with E-state index in [0.29, 0.717) is 18.7 Å². The quantitative estimate of drug-likeness (QED) is 0.869. The SMILES string of the molecule is Cc1cc(F)ccc1NC(=O)CCOC1CCNCC1. The van der Waals surface area contributed by atoms with E-state index in [1.807, 2.05) is 0 Å². The van der Waals surface area contributed by atoms with E-state index in [0.717, 1.165) is 31.5 Å². The zero-order chi connectivity index (χ0) is 14.4. The predicted molar refractivity (Wildman–Crippen MR) is 76.2 cm³/mol. The number of carbonyl (C=O) groups is 1. The fourth-order valence-corrected chi connectivity index (χ4v) is 2.26. The zero-order valence-electron chi connectivity index (χ0n) is 11.7. The summed E-state index contributed by atoms with van der Waals surface area (Å²) in [6, 6.07) is 4.32. The highest BCUT2D eigenvalue weighted by Gasteiger charge is 2.13. The van der Waals surface area contributed by atoms with Crippen molar-refractivity contribution in [3.8, 4) is 0 Å². The summed E-state index contributed by atoms with van der Waals surface area (Å²) in [4.78, 5) is 11.8. The van der Waals surface area contributed by atoms with Gasteiger partial charge in [-0.2, -0.15) is 0 Å². The van der Waals surface area contributed by atoms with Crippen LogP contribution in [0.2, 0.25) is 0 Å². The lowest BCUT2D eigenvalue weighted by Gasteiger charge is -2.22. The smallest absolute Gasteiger partial charge is 0.226 e. The van der Waals surface area contributed by atoms with Crippen molar-refractivity contribution in [3.05, 3.63) is 29.6 Å². The Kier molecular flexibility index (Phi) is 5.49. The second-order valence-corrected chi connectivity index (χ2v) is 5.08. The van der Waals surface area contributed by atoms with Crippen molar-refractivity contribution in [2.24, 2.45) is 0 Å². The van der Waals surface area contributed by atoms with Crippen LogP contribution in [0.1, 0.15) is 24.8 Å². The van der Waals surface area contributed by atoms with Gasteiger partial charge in [0.25, 0.3) is 0 Å². The molecule has 20 heavy (non-hydrogen) atoms. The van der Waals surface area contributed by atoms with E-state index in [-0.39, 0.29) is 17.8 Å². The molecular formula is C15H21FN2O2. The van der Waals surface area contributed by atoms with Crippen LogP contribution in [0, 0.1) is 12.7 Å². The van der Waals surface area contributed by atoms with Crippen LogP contribution < -0.4 is 10.6 Å². The van der Waals surface area contributed by atoms with Gasteiger partial charge in [0.1, 0.15) is 5.82 Å². The third-order valence-electron chi connectivity index (χ3n) is 3.43. The first-order chi connectivity index (χ1) is 9.65. The Labute approximate surface area is 118 Å². The normalized spacial score (nSPS) is 16.1. The summed E-state index contributed by atoms with van der Waals surface area (Å²) in [5.74, 6) is -0.400. The number of halogens is 1. The van der Waals surface area contributed by atoms with E-state index in [2.05, 4.69) is 10.6 Å². The second-order valence-electron chi connectivity index (χ2n) is 5.08. The second kappa shape index (κ2) is 7.36. The molecule has 110 valence electrons. The van der Waals surface area contributed by atoms with Crippen LogP contribution in [0.4, 0.5) is 10.1 Å². The molecule has 1 saturated heterocycles. The van der Waals surface area contributed by atoms with Gasteiger partial charge in [-0.25, -0.2) is 4.39 Å². The molecule has 0 aliphatic carbocycles. The summed E-state index contributed by atoms with van der Waals surface area (Å²) in [5.41, 5.74) is 1.37. The largest absolute Gasteiger partial charge is 0.378 e. The lowest BCUT2D eigenvalue weighted by molar-refractivity contribution is -0.117. The van der Waals surface area contributed by atoms with E-state index in [9.17, 15) is 9.18 Å². The van der Waals surface area contributed by atoms with Crippen molar-refractivity contribution in [1.82, 2.24) is 5.32 Å². The summed E-state index contributed by atoms with van der Waals surface area (Å²) >= 11 is 0. The lowest BCUT2D eigenvalue weighted by atomic mass is 10.1. The van der Waals surface area contributed by atoms with Crippen LogP contribution in [0.15, 0.2) is 18.2 Å². The van der Waals surface area contributed by atoms with Gasteiger partial charge in [-0.05, 0) is 56.6 Å². The first-order valence-electron chi connectivity index (χ1n) is 7.03. The minimum absolute atomic E-state index is 0.103. The van der Waals surface area contributed by atoms with Crippen molar-refractivity contribution in [2.45, 2.75) is 32.3 Å². The van der Waals surface area contributed by atoms with Crippen molar-refractivity contribution in [1.29, 1.82) is 0 Å². The molecule has 1 fully saturated rings. The molecule has 0 saturated carbocycles. The fourth-order valence-electron chi connectivity index (χ4n) is 2.26.